The van der Waals surface area contributed by atoms with Gasteiger partial charge < -0.3 is 15.2 Å². The number of nitrogens with one attached hydrogen (secondary N) is 2. The van der Waals surface area contributed by atoms with Crippen molar-refractivity contribution >= 4 is 0 Å². The second kappa shape index (κ2) is 9.51. The fourth-order valence-corrected chi connectivity index (χ4v) is 0.833. The van der Waals surface area contributed by atoms with Gasteiger partial charge in [-0.3, -0.25) is 4.84 Å². The first-order valence-corrected chi connectivity index (χ1v) is 4.89. The number of ether oxygens (including phenoxy) is 1. The highest BCUT2D eigenvalue weighted by Gasteiger charge is 2.03. The van der Waals surface area contributed by atoms with Gasteiger partial charge in [-0.25, -0.2) is 5.48 Å². The first kappa shape index (κ1) is 14.0. The standard InChI is InChI=1S/C10H20N2O3/c1-4-6-11-7-10(13)8-15-12-9(3)14-5-2/h4,10-13H,1,3,5-8H2,2H3. The van der Waals surface area contributed by atoms with Crippen LogP contribution in [-0.4, -0.2) is 37.5 Å². The number of hydrogen-bond acceptors (Lipinski definition) is 5. The summed E-state index contributed by atoms with van der Waals surface area (Å²) in [5.74, 6) is 0.337. The Labute approximate surface area is 90.7 Å². The molecular weight excluding hydrogens is 196 g/mol. The zero-order valence-corrected chi connectivity index (χ0v) is 9.16. The molecule has 15 heavy (non-hydrogen) atoms. The number of aliphatic hydroxyl groups excluding tert-OH is 1. The normalized spacial score (nSPS) is 11.9. The van der Waals surface area contributed by atoms with E-state index in [2.05, 4.69) is 24.0 Å². The quantitative estimate of drug-likeness (QED) is 0.210. The van der Waals surface area contributed by atoms with Crippen molar-refractivity contribution in [2.24, 2.45) is 0 Å². The number of hydrogen-bond donors (Lipinski definition) is 3. The van der Waals surface area contributed by atoms with Crippen molar-refractivity contribution in [1.82, 2.24) is 10.8 Å². The molecule has 3 N–H and O–H groups in total. The van der Waals surface area contributed by atoms with Crippen LogP contribution >= 0.6 is 0 Å². The molecule has 1 unspecified atom stereocenters. The predicted octanol–water partition coefficient (Wildman–Crippen LogP) is 0.152. The van der Waals surface area contributed by atoms with Gasteiger partial charge >= 0.3 is 0 Å². The van der Waals surface area contributed by atoms with Crippen LogP contribution in [0.5, 0.6) is 0 Å². The molecule has 5 nitrogen and oxygen atoms in total. The molecule has 0 rings (SSSR count). The minimum atomic E-state index is -0.577. The summed E-state index contributed by atoms with van der Waals surface area (Å²) in [6.45, 7) is 10.7. The third-order valence-corrected chi connectivity index (χ3v) is 1.45. The van der Waals surface area contributed by atoms with Crippen molar-refractivity contribution in [2.75, 3.05) is 26.3 Å². The summed E-state index contributed by atoms with van der Waals surface area (Å²) < 4.78 is 4.98. The monoisotopic (exact) mass is 216 g/mol. The maximum atomic E-state index is 9.39. The molecule has 5 heteroatoms. The zero-order chi connectivity index (χ0) is 11.5. The molecule has 0 spiro atoms. The summed E-state index contributed by atoms with van der Waals surface area (Å²) in [5, 5.41) is 12.4. The highest BCUT2D eigenvalue weighted by Crippen LogP contribution is 1.88. The van der Waals surface area contributed by atoms with Gasteiger partial charge in [-0.2, -0.15) is 0 Å². The Morgan fingerprint density at radius 2 is 2.33 bits per heavy atom. The number of rotatable bonds is 10. The molecule has 0 bridgehead atoms. The molecule has 0 fully saturated rings. The fraction of sp³-hybridized carbons (Fsp3) is 0.600. The highest BCUT2D eigenvalue weighted by atomic mass is 16.7. The van der Waals surface area contributed by atoms with Gasteiger partial charge in [-0.15, -0.1) is 6.58 Å². The van der Waals surface area contributed by atoms with Crippen molar-refractivity contribution in [2.45, 2.75) is 13.0 Å². The largest absolute Gasteiger partial charge is 0.478 e. The second-order valence-corrected chi connectivity index (χ2v) is 2.87. The maximum Gasteiger partial charge on any atom is 0.203 e. The van der Waals surface area contributed by atoms with E-state index in [0.717, 1.165) is 0 Å². The zero-order valence-electron chi connectivity index (χ0n) is 9.16. The van der Waals surface area contributed by atoms with Gasteiger partial charge in [-0.1, -0.05) is 6.08 Å². The molecular formula is C10H20N2O3. The van der Waals surface area contributed by atoms with Crippen LogP contribution in [0.4, 0.5) is 0 Å². The SMILES string of the molecule is C=CCNCC(O)CONC(=C)OCC. The summed E-state index contributed by atoms with van der Waals surface area (Å²) >= 11 is 0. The lowest BCUT2D eigenvalue weighted by Crippen LogP contribution is -2.32. The topological polar surface area (TPSA) is 62.8 Å². The van der Waals surface area contributed by atoms with Gasteiger partial charge in [0, 0.05) is 13.1 Å². The molecule has 0 saturated carbocycles. The molecule has 0 saturated heterocycles. The van der Waals surface area contributed by atoms with Gasteiger partial charge in [0.05, 0.1) is 12.7 Å². The maximum absolute atomic E-state index is 9.39. The van der Waals surface area contributed by atoms with E-state index >= 15 is 0 Å². The number of hydroxylamine groups is 1. The second-order valence-electron chi connectivity index (χ2n) is 2.87. The van der Waals surface area contributed by atoms with E-state index in [9.17, 15) is 5.11 Å². The molecule has 0 aromatic heterocycles. The average Bonchev–Trinajstić information content (AvgIpc) is 2.18. The predicted molar refractivity (Wildman–Crippen MR) is 58.9 cm³/mol. The Hall–Kier alpha value is -1.04. The van der Waals surface area contributed by atoms with Crippen molar-refractivity contribution in [3.8, 4) is 0 Å². The van der Waals surface area contributed by atoms with E-state index < -0.39 is 6.10 Å². The van der Waals surface area contributed by atoms with E-state index in [0.29, 0.717) is 25.6 Å². The average molecular weight is 216 g/mol. The summed E-state index contributed by atoms with van der Waals surface area (Å²) in [5.41, 5.74) is 2.48. The minimum Gasteiger partial charge on any atom is -0.478 e. The lowest BCUT2D eigenvalue weighted by atomic mass is 10.4. The van der Waals surface area contributed by atoms with E-state index in [1.807, 2.05) is 6.92 Å². The van der Waals surface area contributed by atoms with Gasteiger partial charge in [0.25, 0.3) is 0 Å². The summed E-state index contributed by atoms with van der Waals surface area (Å²) in [7, 11) is 0. The summed E-state index contributed by atoms with van der Waals surface area (Å²) in [4.78, 5) is 4.95. The molecule has 88 valence electrons. The Morgan fingerprint density at radius 3 is 2.93 bits per heavy atom. The molecule has 0 amide bonds. The van der Waals surface area contributed by atoms with Gasteiger partial charge in [0.2, 0.25) is 5.88 Å². The van der Waals surface area contributed by atoms with Crippen LogP contribution < -0.4 is 10.8 Å². The molecule has 1 atom stereocenters. The number of aliphatic hydroxyl groups is 1. The van der Waals surface area contributed by atoms with Crippen molar-refractivity contribution < 1.29 is 14.7 Å². The van der Waals surface area contributed by atoms with E-state index in [1.54, 1.807) is 6.08 Å². The van der Waals surface area contributed by atoms with E-state index in [-0.39, 0.29) is 6.61 Å². The smallest absolute Gasteiger partial charge is 0.203 e. The Balaban J connectivity index is 3.33. The minimum absolute atomic E-state index is 0.163. The molecule has 0 aliphatic rings. The van der Waals surface area contributed by atoms with Crippen LogP contribution in [0.3, 0.4) is 0 Å². The molecule has 0 aromatic carbocycles. The fourth-order valence-electron chi connectivity index (χ4n) is 0.833. The summed E-state index contributed by atoms with van der Waals surface area (Å²) in [6, 6.07) is 0. The lowest BCUT2D eigenvalue weighted by molar-refractivity contribution is -0.0291. The van der Waals surface area contributed by atoms with Gasteiger partial charge in [-0.05, 0) is 13.5 Å². The van der Waals surface area contributed by atoms with E-state index in [1.165, 1.54) is 0 Å². The van der Waals surface area contributed by atoms with Crippen LogP contribution in [-0.2, 0) is 9.57 Å². The summed E-state index contributed by atoms with van der Waals surface area (Å²) in [6.07, 6.45) is 1.15. The van der Waals surface area contributed by atoms with Crippen LogP contribution in [0.2, 0.25) is 0 Å². The van der Waals surface area contributed by atoms with Crippen LogP contribution in [0.1, 0.15) is 6.92 Å². The van der Waals surface area contributed by atoms with E-state index in [4.69, 9.17) is 9.57 Å². The first-order chi connectivity index (χ1) is 7.20. The first-order valence-electron chi connectivity index (χ1n) is 4.89. The van der Waals surface area contributed by atoms with Crippen molar-refractivity contribution in [3.63, 3.8) is 0 Å². The highest BCUT2D eigenvalue weighted by molar-refractivity contribution is 4.74. The third kappa shape index (κ3) is 9.27. The van der Waals surface area contributed by atoms with Gasteiger partial charge in [0.15, 0.2) is 0 Å². The van der Waals surface area contributed by atoms with Crippen LogP contribution in [0, 0.1) is 0 Å². The van der Waals surface area contributed by atoms with Crippen molar-refractivity contribution in [3.05, 3.63) is 25.1 Å². The van der Waals surface area contributed by atoms with Crippen molar-refractivity contribution in [1.29, 1.82) is 0 Å². The third-order valence-electron chi connectivity index (χ3n) is 1.45. The Kier molecular flexibility index (Phi) is 8.85. The van der Waals surface area contributed by atoms with Gasteiger partial charge in [0.1, 0.15) is 6.61 Å². The molecule has 0 heterocycles. The van der Waals surface area contributed by atoms with Crippen LogP contribution in [0.25, 0.3) is 0 Å². The lowest BCUT2D eigenvalue weighted by Gasteiger charge is -2.13. The molecule has 0 radical (unpaired) electrons. The Morgan fingerprint density at radius 1 is 1.60 bits per heavy atom. The molecule has 0 aliphatic heterocycles. The van der Waals surface area contributed by atoms with Crippen LogP contribution in [0.15, 0.2) is 25.1 Å². The Bertz CT molecular complexity index is 186. The molecule has 0 aliphatic carbocycles. The molecule has 0 aromatic rings.